The van der Waals surface area contributed by atoms with Crippen molar-refractivity contribution in [3.05, 3.63) is 71.5 Å². The number of ether oxygens (including phenoxy) is 2. The van der Waals surface area contributed by atoms with Crippen LogP contribution in [0.25, 0.3) is 11.1 Å². The summed E-state index contributed by atoms with van der Waals surface area (Å²) >= 11 is 6.21. The summed E-state index contributed by atoms with van der Waals surface area (Å²) in [5.41, 5.74) is 3.07. The summed E-state index contributed by atoms with van der Waals surface area (Å²) < 4.78 is 10.5. The number of carbonyl (C=O) groups is 1. The monoisotopic (exact) mass is 398 g/mol. The summed E-state index contributed by atoms with van der Waals surface area (Å²) in [6, 6.07) is 14.5. The summed E-state index contributed by atoms with van der Waals surface area (Å²) in [6.07, 6.45) is 2.35. The van der Waals surface area contributed by atoms with E-state index in [4.69, 9.17) is 21.1 Å². The van der Waals surface area contributed by atoms with E-state index >= 15 is 0 Å². The number of carboxylic acid groups (broad SMARTS) is 1. The molecule has 0 radical (unpaired) electrons. The van der Waals surface area contributed by atoms with Gasteiger partial charge in [0.25, 0.3) is 0 Å². The highest BCUT2D eigenvalue weighted by molar-refractivity contribution is 6.32. The van der Waals surface area contributed by atoms with E-state index in [9.17, 15) is 9.90 Å². The molecule has 7 heteroatoms. The number of hydrogen-bond donors (Lipinski definition) is 1. The molecule has 0 spiro atoms. The molecule has 0 unspecified atom stereocenters. The van der Waals surface area contributed by atoms with Gasteiger partial charge in [-0.1, -0.05) is 35.9 Å². The van der Waals surface area contributed by atoms with Crippen molar-refractivity contribution in [2.75, 3.05) is 19.1 Å². The molecule has 6 nitrogen and oxygen atoms in total. The smallest absolute Gasteiger partial charge is 0.412 e. The molecule has 0 bridgehead atoms. The van der Waals surface area contributed by atoms with E-state index in [1.807, 2.05) is 36.4 Å². The van der Waals surface area contributed by atoms with Gasteiger partial charge >= 0.3 is 6.09 Å². The first-order valence-corrected chi connectivity index (χ1v) is 8.82. The van der Waals surface area contributed by atoms with Crippen LogP contribution in [0.4, 0.5) is 10.5 Å². The third-order valence-corrected chi connectivity index (χ3v) is 4.53. The third kappa shape index (κ3) is 4.18. The second kappa shape index (κ2) is 8.63. The topological polar surface area (TPSA) is 71.9 Å². The fraction of sp³-hybridized carbons (Fsp3) is 0.143. The van der Waals surface area contributed by atoms with E-state index in [-0.39, 0.29) is 6.54 Å². The number of pyridine rings is 1. The number of amides is 1. The lowest BCUT2D eigenvalue weighted by atomic mass is 10.0. The molecule has 1 heterocycles. The van der Waals surface area contributed by atoms with Crippen LogP contribution in [0, 0.1) is 0 Å². The second-order valence-electron chi connectivity index (χ2n) is 5.97. The average Bonchev–Trinajstić information content (AvgIpc) is 2.72. The minimum absolute atomic E-state index is 0.127. The Morgan fingerprint density at radius 1 is 1.07 bits per heavy atom. The maximum Gasteiger partial charge on any atom is 0.412 e. The van der Waals surface area contributed by atoms with E-state index in [0.717, 1.165) is 16.7 Å². The molecule has 0 saturated heterocycles. The SMILES string of the molecule is COc1cc(OC)c(N(Cc2cccc(-c3cccnc3)c2)C(=O)O)cc1Cl. The molecule has 0 saturated carbocycles. The van der Waals surface area contributed by atoms with Gasteiger partial charge in [0.05, 0.1) is 31.5 Å². The van der Waals surface area contributed by atoms with E-state index < -0.39 is 6.09 Å². The van der Waals surface area contributed by atoms with Crippen molar-refractivity contribution in [3.63, 3.8) is 0 Å². The van der Waals surface area contributed by atoms with Crippen LogP contribution in [0.3, 0.4) is 0 Å². The lowest BCUT2D eigenvalue weighted by molar-refractivity contribution is 0.201. The number of aromatic nitrogens is 1. The molecule has 3 rings (SSSR count). The van der Waals surface area contributed by atoms with Crippen LogP contribution in [0.1, 0.15) is 5.56 Å². The number of nitrogens with zero attached hydrogens (tertiary/aromatic N) is 2. The van der Waals surface area contributed by atoms with E-state index in [2.05, 4.69) is 4.98 Å². The molecule has 0 aliphatic carbocycles. The van der Waals surface area contributed by atoms with Gasteiger partial charge in [0.1, 0.15) is 11.5 Å². The summed E-state index contributed by atoms with van der Waals surface area (Å²) in [6.45, 7) is 0.127. The third-order valence-electron chi connectivity index (χ3n) is 4.24. The van der Waals surface area contributed by atoms with Crippen LogP contribution < -0.4 is 14.4 Å². The van der Waals surface area contributed by atoms with Gasteiger partial charge < -0.3 is 14.6 Å². The molecule has 0 aliphatic heterocycles. The Bertz CT molecular complexity index is 979. The predicted octanol–water partition coefficient (Wildman–Crippen LogP) is 5.10. The predicted molar refractivity (Wildman–Crippen MR) is 108 cm³/mol. The van der Waals surface area contributed by atoms with Gasteiger partial charge in [-0.15, -0.1) is 0 Å². The number of methoxy groups -OCH3 is 2. The van der Waals surface area contributed by atoms with Crippen molar-refractivity contribution in [2.24, 2.45) is 0 Å². The molecule has 1 aromatic heterocycles. The molecular weight excluding hydrogens is 380 g/mol. The van der Waals surface area contributed by atoms with Gasteiger partial charge in [-0.05, 0) is 34.9 Å². The summed E-state index contributed by atoms with van der Waals surface area (Å²) in [4.78, 5) is 17.3. The average molecular weight is 399 g/mol. The van der Waals surface area contributed by atoms with Crippen molar-refractivity contribution < 1.29 is 19.4 Å². The maximum atomic E-state index is 12.0. The van der Waals surface area contributed by atoms with Gasteiger partial charge in [0, 0.05) is 18.5 Å². The van der Waals surface area contributed by atoms with E-state index in [1.54, 1.807) is 18.5 Å². The number of rotatable bonds is 6. The fourth-order valence-electron chi connectivity index (χ4n) is 2.88. The van der Waals surface area contributed by atoms with Gasteiger partial charge in [0.15, 0.2) is 0 Å². The minimum Gasteiger partial charge on any atom is -0.495 e. The summed E-state index contributed by atoms with van der Waals surface area (Å²) in [5, 5.41) is 10.1. The standard InChI is InChI=1S/C21H19ClN2O4/c1-27-19-11-20(28-2)18(10-17(19)22)24(21(25)26)13-14-5-3-6-15(9-14)16-7-4-8-23-12-16/h3-12H,13H2,1-2H3,(H,25,26). The molecule has 0 aliphatic rings. The lowest BCUT2D eigenvalue weighted by Crippen LogP contribution is -2.29. The highest BCUT2D eigenvalue weighted by Crippen LogP contribution is 2.38. The van der Waals surface area contributed by atoms with E-state index in [1.165, 1.54) is 25.2 Å². The first kappa shape index (κ1) is 19.5. The highest BCUT2D eigenvalue weighted by atomic mass is 35.5. The lowest BCUT2D eigenvalue weighted by Gasteiger charge is -2.23. The first-order chi connectivity index (χ1) is 13.5. The largest absolute Gasteiger partial charge is 0.495 e. The Hall–Kier alpha value is -3.25. The van der Waals surface area contributed by atoms with E-state index in [0.29, 0.717) is 22.2 Å². The zero-order valence-electron chi connectivity index (χ0n) is 15.4. The maximum absolute atomic E-state index is 12.0. The molecule has 2 aromatic carbocycles. The Kier molecular flexibility index (Phi) is 6.01. The van der Waals surface area contributed by atoms with Gasteiger partial charge in [-0.3, -0.25) is 9.88 Å². The van der Waals surface area contributed by atoms with Crippen LogP contribution in [-0.2, 0) is 6.54 Å². The van der Waals surface area contributed by atoms with Crippen LogP contribution in [0.15, 0.2) is 60.9 Å². The zero-order valence-corrected chi connectivity index (χ0v) is 16.2. The Balaban J connectivity index is 1.97. The molecule has 3 aromatic rings. The van der Waals surface area contributed by atoms with Crippen molar-refractivity contribution in [1.29, 1.82) is 0 Å². The first-order valence-electron chi connectivity index (χ1n) is 8.44. The van der Waals surface area contributed by atoms with Crippen LogP contribution >= 0.6 is 11.6 Å². The number of anilines is 1. The summed E-state index contributed by atoms with van der Waals surface area (Å²) in [7, 11) is 2.95. The van der Waals surface area contributed by atoms with Gasteiger partial charge in [0.2, 0.25) is 0 Å². The molecular formula is C21H19ClN2O4. The Morgan fingerprint density at radius 3 is 2.46 bits per heavy atom. The Labute approximate surface area is 167 Å². The summed E-state index contributed by atoms with van der Waals surface area (Å²) in [5.74, 6) is 0.762. The number of hydrogen-bond acceptors (Lipinski definition) is 4. The Morgan fingerprint density at radius 2 is 1.82 bits per heavy atom. The van der Waals surface area contributed by atoms with Crippen molar-refractivity contribution >= 4 is 23.4 Å². The van der Waals surface area contributed by atoms with Gasteiger partial charge in [-0.25, -0.2) is 4.79 Å². The van der Waals surface area contributed by atoms with Gasteiger partial charge in [-0.2, -0.15) is 0 Å². The van der Waals surface area contributed by atoms with Crippen molar-refractivity contribution in [3.8, 4) is 22.6 Å². The molecule has 144 valence electrons. The normalized spacial score (nSPS) is 10.4. The zero-order chi connectivity index (χ0) is 20.1. The van der Waals surface area contributed by atoms with Crippen molar-refractivity contribution in [1.82, 2.24) is 4.98 Å². The quantitative estimate of drug-likeness (QED) is 0.625. The number of halogens is 1. The fourth-order valence-corrected chi connectivity index (χ4v) is 3.11. The van der Waals surface area contributed by atoms with Crippen LogP contribution in [0.2, 0.25) is 5.02 Å². The number of benzene rings is 2. The second-order valence-corrected chi connectivity index (χ2v) is 6.38. The van der Waals surface area contributed by atoms with Crippen molar-refractivity contribution in [2.45, 2.75) is 6.54 Å². The molecule has 1 amide bonds. The van der Waals surface area contributed by atoms with Crippen LogP contribution in [-0.4, -0.2) is 30.4 Å². The molecule has 1 N–H and O–H groups in total. The van der Waals surface area contributed by atoms with Crippen LogP contribution in [0.5, 0.6) is 11.5 Å². The minimum atomic E-state index is -1.12. The highest BCUT2D eigenvalue weighted by Gasteiger charge is 2.21. The molecule has 28 heavy (non-hydrogen) atoms. The molecule has 0 atom stereocenters. The molecule has 0 fully saturated rings.